The third-order valence-corrected chi connectivity index (χ3v) is 6.92. The molecule has 4 unspecified atom stereocenters. The van der Waals surface area contributed by atoms with Crippen LogP contribution in [0, 0.1) is 23.7 Å². The molecule has 0 heterocycles. The van der Waals surface area contributed by atoms with Gasteiger partial charge in [-0.1, -0.05) is 12.1 Å². The summed E-state index contributed by atoms with van der Waals surface area (Å²) in [5.41, 5.74) is 0.727. The van der Waals surface area contributed by atoms with Crippen LogP contribution in [0.4, 0.5) is 0 Å². The normalized spacial score (nSPS) is 38.0. The molecule has 3 aliphatic rings. The minimum absolute atomic E-state index is 0.0656. The smallest absolute Gasteiger partial charge is 0.240 e. The molecule has 0 aliphatic heterocycles. The first-order valence-electron chi connectivity index (χ1n) is 7.32. The molecular formula is C15H19NO3S. The van der Waals surface area contributed by atoms with Crippen LogP contribution in [0.25, 0.3) is 0 Å². The summed E-state index contributed by atoms with van der Waals surface area (Å²) < 4.78 is 27.6. The fraction of sp³-hybridized carbons (Fsp3) is 0.600. The number of nitrogens with one attached hydrogen (secondary N) is 1. The van der Waals surface area contributed by atoms with E-state index in [1.165, 1.54) is 19.3 Å². The second kappa shape index (κ2) is 4.29. The van der Waals surface area contributed by atoms with Gasteiger partial charge in [0.05, 0.1) is 11.5 Å². The number of rotatable bonds is 4. The molecule has 4 rings (SSSR count). The first kappa shape index (κ1) is 12.8. The largest absolute Gasteiger partial charge is 0.392 e. The predicted molar refractivity (Wildman–Crippen MR) is 74.3 cm³/mol. The highest BCUT2D eigenvalue weighted by Crippen LogP contribution is 2.65. The van der Waals surface area contributed by atoms with Gasteiger partial charge >= 0.3 is 0 Å². The molecule has 3 aliphatic carbocycles. The van der Waals surface area contributed by atoms with Crippen LogP contribution < -0.4 is 4.72 Å². The van der Waals surface area contributed by atoms with E-state index in [1.54, 1.807) is 24.3 Å². The Morgan fingerprint density at radius 1 is 1.10 bits per heavy atom. The standard InChI is InChI=1S/C15H19NO3S/c17-8-9-1-5-12(6-2-9)20(18,19)16-15-13-10-3-4-11(7-10)14(13)15/h1-2,5-6,10-11,13-17H,3-4,7-8H2. The number of hydrogen-bond donors (Lipinski definition) is 2. The van der Waals surface area contributed by atoms with Crippen molar-refractivity contribution in [3.8, 4) is 0 Å². The van der Waals surface area contributed by atoms with E-state index in [4.69, 9.17) is 5.11 Å². The monoisotopic (exact) mass is 293 g/mol. The maximum Gasteiger partial charge on any atom is 0.240 e. The molecule has 0 saturated heterocycles. The zero-order valence-corrected chi connectivity index (χ0v) is 12.0. The van der Waals surface area contributed by atoms with Crippen LogP contribution in [0.2, 0.25) is 0 Å². The zero-order valence-electron chi connectivity index (χ0n) is 11.2. The molecule has 1 aromatic rings. The highest BCUT2D eigenvalue weighted by molar-refractivity contribution is 7.89. The van der Waals surface area contributed by atoms with Gasteiger partial charge in [-0.05, 0) is 60.6 Å². The van der Waals surface area contributed by atoms with Gasteiger partial charge in [0, 0.05) is 6.04 Å². The molecular weight excluding hydrogens is 274 g/mol. The van der Waals surface area contributed by atoms with Crippen molar-refractivity contribution in [3.05, 3.63) is 29.8 Å². The van der Waals surface area contributed by atoms with Crippen LogP contribution >= 0.6 is 0 Å². The number of benzene rings is 1. The minimum Gasteiger partial charge on any atom is -0.392 e. The molecule has 2 bridgehead atoms. The molecule has 108 valence electrons. The number of aliphatic hydroxyl groups is 1. The van der Waals surface area contributed by atoms with Crippen LogP contribution in [-0.4, -0.2) is 19.6 Å². The Balaban J connectivity index is 1.50. The Kier molecular flexibility index (Phi) is 2.75. The van der Waals surface area contributed by atoms with E-state index >= 15 is 0 Å². The van der Waals surface area contributed by atoms with Crippen LogP contribution in [0.3, 0.4) is 0 Å². The Hall–Kier alpha value is -0.910. The summed E-state index contributed by atoms with van der Waals surface area (Å²) >= 11 is 0. The first-order valence-corrected chi connectivity index (χ1v) is 8.80. The summed E-state index contributed by atoms with van der Waals surface area (Å²) in [6.45, 7) is -0.0656. The number of sulfonamides is 1. The lowest BCUT2D eigenvalue weighted by molar-refractivity contribution is 0.282. The molecule has 3 saturated carbocycles. The van der Waals surface area contributed by atoms with Crippen LogP contribution in [-0.2, 0) is 16.6 Å². The maximum atomic E-state index is 12.4. The Morgan fingerprint density at radius 3 is 2.25 bits per heavy atom. The van der Waals surface area contributed by atoms with Crippen molar-refractivity contribution in [2.24, 2.45) is 23.7 Å². The van der Waals surface area contributed by atoms with E-state index in [9.17, 15) is 8.42 Å². The van der Waals surface area contributed by atoms with E-state index in [2.05, 4.69) is 4.72 Å². The average Bonchev–Trinajstić information content (AvgIpc) is 2.86. The zero-order chi connectivity index (χ0) is 13.9. The van der Waals surface area contributed by atoms with Gasteiger partial charge in [0.1, 0.15) is 0 Å². The summed E-state index contributed by atoms with van der Waals surface area (Å²) in [7, 11) is -3.41. The van der Waals surface area contributed by atoms with Crippen LogP contribution in [0.15, 0.2) is 29.2 Å². The second-order valence-electron chi connectivity index (χ2n) is 6.44. The quantitative estimate of drug-likeness (QED) is 0.884. The van der Waals surface area contributed by atoms with Crippen molar-refractivity contribution in [1.82, 2.24) is 4.72 Å². The van der Waals surface area contributed by atoms with E-state index < -0.39 is 10.0 Å². The summed E-state index contributed by atoms with van der Waals surface area (Å²) in [5.74, 6) is 2.71. The second-order valence-corrected chi connectivity index (χ2v) is 8.15. The van der Waals surface area contributed by atoms with Crippen molar-refractivity contribution in [2.45, 2.75) is 36.8 Å². The van der Waals surface area contributed by atoms with E-state index in [0.29, 0.717) is 16.7 Å². The molecule has 5 heteroatoms. The third-order valence-electron chi connectivity index (χ3n) is 5.44. The van der Waals surface area contributed by atoms with Gasteiger partial charge in [-0.25, -0.2) is 13.1 Å². The lowest BCUT2D eigenvalue weighted by Crippen LogP contribution is -2.30. The van der Waals surface area contributed by atoms with Crippen molar-refractivity contribution in [2.75, 3.05) is 0 Å². The van der Waals surface area contributed by atoms with Crippen LogP contribution in [0.5, 0.6) is 0 Å². The highest BCUT2D eigenvalue weighted by atomic mass is 32.2. The molecule has 3 fully saturated rings. The minimum atomic E-state index is -3.41. The lowest BCUT2D eigenvalue weighted by atomic mass is 10.0. The Labute approximate surface area is 119 Å². The van der Waals surface area contributed by atoms with Gasteiger partial charge in [-0.15, -0.1) is 0 Å². The van der Waals surface area contributed by atoms with Gasteiger partial charge in [0.15, 0.2) is 0 Å². The average molecular weight is 293 g/mol. The molecule has 20 heavy (non-hydrogen) atoms. The maximum absolute atomic E-state index is 12.4. The number of aliphatic hydroxyl groups excluding tert-OH is 1. The summed E-state index contributed by atoms with van der Waals surface area (Å²) in [5, 5.41) is 9.00. The number of hydrogen-bond acceptors (Lipinski definition) is 3. The van der Waals surface area contributed by atoms with Gasteiger partial charge < -0.3 is 5.11 Å². The number of fused-ring (bicyclic) bond motifs is 5. The summed E-state index contributed by atoms with van der Waals surface area (Å²) in [6, 6.07) is 6.63. The molecule has 0 radical (unpaired) electrons. The van der Waals surface area contributed by atoms with Gasteiger partial charge in [0.25, 0.3) is 0 Å². The molecule has 0 aromatic heterocycles. The fourth-order valence-corrected chi connectivity index (χ4v) is 5.81. The van der Waals surface area contributed by atoms with Crippen molar-refractivity contribution >= 4 is 10.0 Å². The Bertz CT molecular complexity index is 609. The predicted octanol–water partition coefficient (Wildman–Crippen LogP) is 1.50. The molecule has 1 aromatic carbocycles. The van der Waals surface area contributed by atoms with E-state index in [1.807, 2.05) is 0 Å². The highest BCUT2D eigenvalue weighted by Gasteiger charge is 2.65. The van der Waals surface area contributed by atoms with E-state index in [-0.39, 0.29) is 12.6 Å². The molecule has 0 spiro atoms. The molecule has 4 atom stereocenters. The topological polar surface area (TPSA) is 66.4 Å². The van der Waals surface area contributed by atoms with Crippen LogP contribution in [0.1, 0.15) is 24.8 Å². The third kappa shape index (κ3) is 1.84. The van der Waals surface area contributed by atoms with Crippen molar-refractivity contribution in [1.29, 1.82) is 0 Å². The lowest BCUT2D eigenvalue weighted by Gasteiger charge is -2.11. The molecule has 2 N–H and O–H groups in total. The van der Waals surface area contributed by atoms with Crippen molar-refractivity contribution in [3.63, 3.8) is 0 Å². The van der Waals surface area contributed by atoms with Gasteiger partial charge in [0.2, 0.25) is 10.0 Å². The SMILES string of the molecule is O=S(=O)(NC1C2C3CCC(C3)C12)c1ccc(CO)cc1. The Morgan fingerprint density at radius 2 is 1.70 bits per heavy atom. The fourth-order valence-electron chi connectivity index (χ4n) is 4.50. The van der Waals surface area contributed by atoms with Crippen molar-refractivity contribution < 1.29 is 13.5 Å². The van der Waals surface area contributed by atoms with Gasteiger partial charge in [-0.2, -0.15) is 0 Å². The van der Waals surface area contributed by atoms with E-state index in [0.717, 1.165) is 17.4 Å². The first-order chi connectivity index (χ1) is 9.60. The summed E-state index contributed by atoms with van der Waals surface area (Å²) in [6.07, 6.45) is 3.89. The molecule has 0 amide bonds. The van der Waals surface area contributed by atoms with Gasteiger partial charge in [-0.3, -0.25) is 0 Å². The summed E-state index contributed by atoms with van der Waals surface area (Å²) in [4.78, 5) is 0.298. The molecule has 4 nitrogen and oxygen atoms in total.